The molecule has 2 aliphatic rings. The molecule has 0 radical (unpaired) electrons. The van der Waals surface area contributed by atoms with E-state index in [1.165, 1.54) is 11.6 Å². The summed E-state index contributed by atoms with van der Waals surface area (Å²) < 4.78 is 6.01. The van der Waals surface area contributed by atoms with Gasteiger partial charge in [-0.2, -0.15) is 0 Å². The lowest BCUT2D eigenvalue weighted by atomic mass is 9.67. The zero-order chi connectivity index (χ0) is 18.1. The first-order chi connectivity index (χ1) is 11.6. The van der Waals surface area contributed by atoms with E-state index in [-0.39, 0.29) is 12.5 Å². The van der Waals surface area contributed by atoms with Gasteiger partial charge in [-0.25, -0.2) is 4.98 Å². The van der Waals surface area contributed by atoms with Gasteiger partial charge in [0.2, 0.25) is 5.71 Å². The van der Waals surface area contributed by atoms with E-state index in [1.807, 2.05) is 6.92 Å². The topological polar surface area (TPSA) is 32.5 Å². The third-order valence-electron chi connectivity index (χ3n) is 6.24. The molecular formula is C20H28BN3O. The molecule has 25 heavy (non-hydrogen) atoms. The first-order valence-electron chi connectivity index (χ1n) is 9.20. The van der Waals surface area contributed by atoms with Crippen LogP contribution in [0.4, 0.5) is 0 Å². The number of hydrogen-bond donors (Lipinski definition) is 0. The van der Waals surface area contributed by atoms with Crippen molar-refractivity contribution in [3.05, 3.63) is 28.5 Å². The Hall–Kier alpha value is -1.75. The van der Waals surface area contributed by atoms with Gasteiger partial charge in [-0.15, -0.1) is 0 Å². The molecule has 1 saturated heterocycles. The second kappa shape index (κ2) is 5.13. The molecular weight excluding hydrogens is 309 g/mol. The van der Waals surface area contributed by atoms with Crippen molar-refractivity contribution in [3.63, 3.8) is 0 Å². The molecule has 2 aliphatic heterocycles. The highest BCUT2D eigenvalue weighted by Gasteiger charge is 2.52. The number of aromatic nitrogens is 1. The van der Waals surface area contributed by atoms with E-state index in [0.717, 1.165) is 22.2 Å². The Balaban J connectivity index is 1.88. The van der Waals surface area contributed by atoms with Gasteiger partial charge in [-0.3, -0.25) is 0 Å². The van der Waals surface area contributed by atoms with Crippen LogP contribution in [0, 0.1) is 12.3 Å². The molecule has 2 aromatic heterocycles. The van der Waals surface area contributed by atoms with Gasteiger partial charge in [0.05, 0.1) is 0 Å². The van der Waals surface area contributed by atoms with Crippen LogP contribution in [0.2, 0.25) is 0 Å². The fourth-order valence-electron chi connectivity index (χ4n) is 5.02. The maximum absolute atomic E-state index is 6.01. The van der Waals surface area contributed by atoms with Crippen molar-refractivity contribution in [2.45, 2.75) is 59.5 Å². The molecule has 132 valence electrons. The molecule has 4 heterocycles. The van der Waals surface area contributed by atoms with Gasteiger partial charge in [0.25, 0.3) is 0 Å². The predicted octanol–water partition coefficient (Wildman–Crippen LogP) is 2.53. The molecule has 4 rings (SSSR count). The molecule has 1 fully saturated rings. The maximum Gasteiger partial charge on any atom is 0.371 e. The number of aryl methyl sites for hydroxylation is 1. The summed E-state index contributed by atoms with van der Waals surface area (Å²) in [4.78, 5) is 9.49. The monoisotopic (exact) mass is 337 g/mol. The van der Waals surface area contributed by atoms with Crippen LogP contribution in [0.25, 0.3) is 23.3 Å². The van der Waals surface area contributed by atoms with Gasteiger partial charge in [-0.05, 0) is 58.7 Å². The molecule has 4 nitrogen and oxygen atoms in total. The van der Waals surface area contributed by atoms with E-state index in [9.17, 15) is 0 Å². The quantitative estimate of drug-likeness (QED) is 0.749. The van der Waals surface area contributed by atoms with E-state index in [2.05, 4.69) is 80.6 Å². The van der Waals surface area contributed by atoms with E-state index < -0.39 is 0 Å². The highest BCUT2D eigenvalue weighted by atomic mass is 16.3. The smallest absolute Gasteiger partial charge is 0.371 e. The summed E-state index contributed by atoms with van der Waals surface area (Å²) >= 11 is 0. The average molecular weight is 337 g/mol. The minimum absolute atomic E-state index is 0.151. The second-order valence-electron chi connectivity index (χ2n) is 9.12. The number of hydrogen-bond acceptors (Lipinski definition) is 4. The van der Waals surface area contributed by atoms with E-state index in [4.69, 9.17) is 4.42 Å². The van der Waals surface area contributed by atoms with Crippen LogP contribution < -0.4 is 10.6 Å². The van der Waals surface area contributed by atoms with E-state index >= 15 is 0 Å². The van der Waals surface area contributed by atoms with E-state index in [1.54, 1.807) is 0 Å². The van der Waals surface area contributed by atoms with Gasteiger partial charge in [0.15, 0.2) is 5.42 Å². The SMILES string of the molecule is Cc1ccc2c3c(oc2n1)=CN(C)B(N1[C@@H](C)C(C)(C)CC1(C)C)C=3. The Morgan fingerprint density at radius 2 is 1.96 bits per heavy atom. The van der Waals surface area contributed by atoms with Gasteiger partial charge < -0.3 is 14.0 Å². The second-order valence-corrected chi connectivity index (χ2v) is 9.12. The fraction of sp³-hybridized carbons (Fsp3) is 0.550. The van der Waals surface area contributed by atoms with Crippen molar-refractivity contribution >= 4 is 30.3 Å². The van der Waals surface area contributed by atoms with Gasteiger partial charge >= 0.3 is 6.98 Å². The normalized spacial score (nSPS) is 25.0. The minimum atomic E-state index is 0.151. The zero-order valence-electron chi connectivity index (χ0n) is 16.4. The van der Waals surface area contributed by atoms with Crippen molar-refractivity contribution in [3.8, 4) is 0 Å². The molecule has 0 aliphatic carbocycles. The summed E-state index contributed by atoms with van der Waals surface area (Å²) in [6, 6.07) is 4.69. The van der Waals surface area contributed by atoms with Gasteiger partial charge in [0.1, 0.15) is 0 Å². The van der Waals surface area contributed by atoms with Crippen LogP contribution in [0.1, 0.15) is 46.7 Å². The van der Waals surface area contributed by atoms with E-state index in [0.29, 0.717) is 11.5 Å². The third-order valence-corrected chi connectivity index (χ3v) is 6.24. The van der Waals surface area contributed by atoms with Crippen LogP contribution >= 0.6 is 0 Å². The zero-order valence-corrected chi connectivity index (χ0v) is 16.4. The molecule has 2 aromatic rings. The molecule has 0 unspecified atom stereocenters. The fourth-order valence-corrected chi connectivity index (χ4v) is 5.02. The van der Waals surface area contributed by atoms with Gasteiger partial charge in [0, 0.05) is 34.1 Å². The summed E-state index contributed by atoms with van der Waals surface area (Å²) in [6.45, 7) is 14.1. The summed E-state index contributed by atoms with van der Waals surface area (Å²) in [6.07, 6.45) is 3.32. The van der Waals surface area contributed by atoms with Crippen molar-refractivity contribution in [1.82, 2.24) is 14.6 Å². The molecule has 0 amide bonds. The van der Waals surface area contributed by atoms with Crippen molar-refractivity contribution in [2.75, 3.05) is 7.05 Å². The Kier molecular flexibility index (Phi) is 3.43. The number of rotatable bonds is 1. The van der Waals surface area contributed by atoms with Crippen molar-refractivity contribution in [1.29, 1.82) is 0 Å². The Morgan fingerprint density at radius 3 is 2.60 bits per heavy atom. The molecule has 0 bridgehead atoms. The van der Waals surface area contributed by atoms with Crippen LogP contribution in [-0.2, 0) is 0 Å². The average Bonchev–Trinajstić information content (AvgIpc) is 2.89. The summed E-state index contributed by atoms with van der Waals surface area (Å²) in [5, 5.41) is 2.29. The number of furan rings is 1. The largest absolute Gasteiger partial charge is 0.436 e. The Morgan fingerprint density at radius 1 is 1.24 bits per heavy atom. The molecule has 5 heteroatoms. The number of pyridine rings is 1. The standard InChI is InChI=1S/C20H28BN3O/c1-13-8-9-15-16-10-21(23(7)11-17(16)25-18(15)22-13)24-14(2)19(3,4)12-20(24,5)6/h8-11,14H,12H2,1-7H3/t14-/m0/s1. The minimum Gasteiger partial charge on any atom is -0.436 e. The number of nitrogens with zero attached hydrogens (tertiary/aromatic N) is 3. The molecule has 0 aromatic carbocycles. The molecule has 0 spiro atoms. The highest BCUT2D eigenvalue weighted by Crippen LogP contribution is 2.46. The Labute approximate surface area is 150 Å². The highest BCUT2D eigenvalue weighted by molar-refractivity contribution is 6.69. The summed E-state index contributed by atoms with van der Waals surface area (Å²) in [7, 11) is 2.14. The third kappa shape index (κ3) is 2.43. The lowest BCUT2D eigenvalue weighted by Gasteiger charge is -2.42. The Bertz CT molecular complexity index is 959. The predicted molar refractivity (Wildman–Crippen MR) is 104 cm³/mol. The lowest BCUT2D eigenvalue weighted by Crippen LogP contribution is -2.59. The molecule has 0 N–H and O–H groups in total. The number of fused-ring (bicyclic) bond motifs is 3. The summed E-state index contributed by atoms with van der Waals surface area (Å²) in [5.74, 6) is 2.36. The molecule has 0 saturated carbocycles. The maximum atomic E-state index is 6.01. The summed E-state index contributed by atoms with van der Waals surface area (Å²) in [5.41, 5.74) is 3.09. The van der Waals surface area contributed by atoms with Crippen molar-refractivity contribution < 1.29 is 4.42 Å². The molecule has 1 atom stereocenters. The van der Waals surface area contributed by atoms with Crippen LogP contribution in [0.15, 0.2) is 16.5 Å². The van der Waals surface area contributed by atoms with Gasteiger partial charge in [-0.1, -0.05) is 19.8 Å². The van der Waals surface area contributed by atoms with Crippen molar-refractivity contribution in [2.24, 2.45) is 5.41 Å². The first-order valence-corrected chi connectivity index (χ1v) is 9.20. The first kappa shape index (κ1) is 16.7. The van der Waals surface area contributed by atoms with Crippen LogP contribution in [0.3, 0.4) is 0 Å². The van der Waals surface area contributed by atoms with Crippen LogP contribution in [0.5, 0.6) is 0 Å². The van der Waals surface area contributed by atoms with Crippen LogP contribution in [-0.4, -0.2) is 40.2 Å². The lowest BCUT2D eigenvalue weighted by molar-refractivity contribution is 0.226.